The predicted octanol–water partition coefficient (Wildman–Crippen LogP) is 5.27. The number of aryl methyl sites for hydroxylation is 2. The third-order valence-electron chi connectivity index (χ3n) is 7.28. The van der Waals surface area contributed by atoms with E-state index in [2.05, 4.69) is 33.5 Å². The van der Waals surface area contributed by atoms with Gasteiger partial charge in [0, 0.05) is 23.7 Å². The van der Waals surface area contributed by atoms with Crippen molar-refractivity contribution in [1.29, 1.82) is 0 Å². The fourth-order valence-electron chi connectivity index (χ4n) is 5.49. The molecule has 1 aromatic carbocycles. The van der Waals surface area contributed by atoms with Crippen LogP contribution in [0.1, 0.15) is 64.9 Å². The normalized spacial score (nSPS) is 14.2. The number of carbonyl (C=O) groups excluding carboxylic acids is 1. The monoisotopic (exact) mass is 494 g/mol. The molecule has 5 heterocycles. The summed E-state index contributed by atoms with van der Waals surface area (Å²) < 4.78 is 3.91. The number of hydrogen-bond donors (Lipinski definition) is 1. The number of rotatable bonds is 6. The van der Waals surface area contributed by atoms with E-state index in [1.807, 2.05) is 59.5 Å². The highest BCUT2D eigenvalue weighted by Crippen LogP contribution is 2.27. The van der Waals surface area contributed by atoms with Crippen LogP contribution in [0.3, 0.4) is 0 Å². The van der Waals surface area contributed by atoms with Crippen molar-refractivity contribution in [3.8, 4) is 0 Å². The average Bonchev–Trinajstić information content (AvgIpc) is 3.46. The van der Waals surface area contributed by atoms with Crippen molar-refractivity contribution in [3.05, 3.63) is 94.8 Å². The minimum atomic E-state index is 0. The van der Waals surface area contributed by atoms with Crippen LogP contribution in [0.15, 0.2) is 60.9 Å². The summed E-state index contributed by atoms with van der Waals surface area (Å²) in [7, 11) is 0. The molecule has 0 saturated carbocycles. The highest BCUT2D eigenvalue weighted by atomic mass is 16.1. The Bertz CT molecular complexity index is 1570. The van der Waals surface area contributed by atoms with E-state index in [9.17, 15) is 4.79 Å². The molecule has 6 rings (SSSR count). The summed E-state index contributed by atoms with van der Waals surface area (Å²) in [6.45, 7) is 6.70. The molecule has 0 spiro atoms. The van der Waals surface area contributed by atoms with Crippen LogP contribution in [-0.2, 0) is 13.0 Å². The SMILES string of the molecule is C.Cc1cccc(Cn2nc(C)c3c(CC(=O)c4cnc5cc(C6CCNCC6)ccn45)cccc32)n1. The van der Waals surface area contributed by atoms with Crippen LogP contribution in [-0.4, -0.2) is 43.0 Å². The van der Waals surface area contributed by atoms with Crippen LogP contribution in [0.5, 0.6) is 0 Å². The van der Waals surface area contributed by atoms with Gasteiger partial charge in [0.2, 0.25) is 0 Å². The molecule has 7 heteroatoms. The molecule has 0 aliphatic carbocycles. The number of carbonyl (C=O) groups is 1. The highest BCUT2D eigenvalue weighted by molar-refractivity contribution is 5.99. The number of Topliss-reactive ketones (excluding diaryl/α,β-unsaturated/α-hetero) is 1. The Kier molecular flexibility index (Phi) is 6.89. The Labute approximate surface area is 217 Å². The number of aromatic nitrogens is 5. The summed E-state index contributed by atoms with van der Waals surface area (Å²) in [6, 6.07) is 16.4. The molecule has 5 aromatic rings. The molecule has 0 unspecified atom stereocenters. The van der Waals surface area contributed by atoms with E-state index in [0.717, 1.165) is 65.1 Å². The maximum Gasteiger partial charge on any atom is 0.185 e. The Morgan fingerprint density at radius 2 is 1.89 bits per heavy atom. The molecule has 1 aliphatic rings. The van der Waals surface area contributed by atoms with Crippen LogP contribution in [0.4, 0.5) is 0 Å². The van der Waals surface area contributed by atoms with Crippen LogP contribution in [0.25, 0.3) is 16.6 Å². The van der Waals surface area contributed by atoms with Crippen LogP contribution in [0.2, 0.25) is 0 Å². The van der Waals surface area contributed by atoms with Crippen molar-refractivity contribution in [2.24, 2.45) is 0 Å². The van der Waals surface area contributed by atoms with E-state index in [0.29, 0.717) is 24.6 Å². The molecular weight excluding hydrogens is 460 g/mol. The third-order valence-corrected chi connectivity index (χ3v) is 7.28. The summed E-state index contributed by atoms with van der Waals surface area (Å²) in [6.07, 6.45) is 6.30. The molecule has 0 amide bonds. The summed E-state index contributed by atoms with van der Waals surface area (Å²) in [5.41, 5.74) is 7.65. The third kappa shape index (κ3) is 4.79. The second-order valence-electron chi connectivity index (χ2n) is 9.78. The number of ketones is 1. The number of hydrogen-bond acceptors (Lipinski definition) is 5. The van der Waals surface area contributed by atoms with Gasteiger partial charge in [0.25, 0.3) is 0 Å². The molecule has 0 bridgehead atoms. The first-order chi connectivity index (χ1) is 17.6. The largest absolute Gasteiger partial charge is 0.317 e. The number of nitrogens with one attached hydrogen (secondary N) is 1. The Morgan fingerprint density at radius 1 is 1.08 bits per heavy atom. The topological polar surface area (TPSA) is 77.1 Å². The van der Waals surface area contributed by atoms with Gasteiger partial charge >= 0.3 is 0 Å². The molecule has 1 saturated heterocycles. The maximum atomic E-state index is 13.5. The smallest absolute Gasteiger partial charge is 0.185 e. The van der Waals surface area contributed by atoms with Crippen molar-refractivity contribution >= 4 is 22.3 Å². The lowest BCUT2D eigenvalue weighted by Crippen LogP contribution is -2.26. The number of imidazole rings is 1. The second kappa shape index (κ2) is 10.3. The van der Waals surface area contributed by atoms with Crippen molar-refractivity contribution in [3.63, 3.8) is 0 Å². The Morgan fingerprint density at radius 3 is 2.70 bits per heavy atom. The Hall–Kier alpha value is -3.84. The van der Waals surface area contributed by atoms with Crippen LogP contribution < -0.4 is 5.32 Å². The van der Waals surface area contributed by atoms with E-state index in [-0.39, 0.29) is 13.2 Å². The molecule has 0 atom stereocenters. The first-order valence-corrected chi connectivity index (χ1v) is 12.7. The number of pyridine rings is 2. The molecule has 190 valence electrons. The molecule has 1 fully saturated rings. The summed E-state index contributed by atoms with van der Waals surface area (Å²) in [5.74, 6) is 0.608. The average molecular weight is 495 g/mol. The zero-order valence-electron chi connectivity index (χ0n) is 20.7. The van der Waals surface area contributed by atoms with E-state index in [1.165, 1.54) is 5.56 Å². The molecule has 4 aromatic heterocycles. The fraction of sp³-hybridized carbons (Fsp3) is 0.333. The molecule has 0 radical (unpaired) electrons. The minimum Gasteiger partial charge on any atom is -0.317 e. The minimum absolute atomic E-state index is 0. The van der Waals surface area contributed by atoms with Crippen molar-refractivity contribution in [1.82, 2.24) is 29.5 Å². The van der Waals surface area contributed by atoms with Gasteiger partial charge in [0.15, 0.2) is 5.78 Å². The first-order valence-electron chi connectivity index (χ1n) is 12.7. The number of fused-ring (bicyclic) bond motifs is 2. The molecule has 1 aliphatic heterocycles. The lowest BCUT2D eigenvalue weighted by molar-refractivity contribution is 0.0987. The van der Waals surface area contributed by atoms with Gasteiger partial charge in [-0.15, -0.1) is 0 Å². The van der Waals surface area contributed by atoms with Gasteiger partial charge in [0.05, 0.1) is 29.6 Å². The molecule has 37 heavy (non-hydrogen) atoms. The van der Waals surface area contributed by atoms with Crippen molar-refractivity contribution < 1.29 is 4.79 Å². The quantitative estimate of drug-likeness (QED) is 0.325. The van der Waals surface area contributed by atoms with Crippen LogP contribution in [0, 0.1) is 13.8 Å². The number of benzene rings is 1. The van der Waals surface area contributed by atoms with Crippen molar-refractivity contribution in [2.75, 3.05) is 13.1 Å². The van der Waals surface area contributed by atoms with Crippen molar-refractivity contribution in [2.45, 2.75) is 53.0 Å². The van der Waals surface area contributed by atoms with E-state index in [4.69, 9.17) is 5.10 Å². The zero-order valence-corrected chi connectivity index (χ0v) is 20.7. The maximum absolute atomic E-state index is 13.5. The summed E-state index contributed by atoms with van der Waals surface area (Å²) in [4.78, 5) is 22.7. The lowest BCUT2D eigenvalue weighted by Gasteiger charge is -2.22. The lowest BCUT2D eigenvalue weighted by atomic mass is 9.91. The fourth-order valence-corrected chi connectivity index (χ4v) is 5.49. The van der Waals surface area contributed by atoms with E-state index < -0.39 is 0 Å². The molecule has 7 nitrogen and oxygen atoms in total. The van der Waals surface area contributed by atoms with E-state index in [1.54, 1.807) is 6.20 Å². The highest BCUT2D eigenvalue weighted by Gasteiger charge is 2.20. The predicted molar refractivity (Wildman–Crippen MR) is 147 cm³/mol. The van der Waals surface area contributed by atoms with Gasteiger partial charge < -0.3 is 5.32 Å². The number of piperidine rings is 1. The first kappa shape index (κ1) is 24.8. The van der Waals surface area contributed by atoms with Gasteiger partial charge in [-0.3, -0.25) is 18.9 Å². The molecule has 1 N–H and O–H groups in total. The van der Waals surface area contributed by atoms with Gasteiger partial charge in [-0.25, -0.2) is 4.98 Å². The second-order valence-corrected chi connectivity index (χ2v) is 9.78. The standard InChI is InChI=1S/C29H30N6O.CH4/c1-19-5-3-7-24(32-19)18-35-25-8-4-6-23(29(25)20(2)33-35)15-27(36)26-17-31-28-16-22(11-14-34(26)28)21-9-12-30-13-10-21;/h3-8,11,14,16-17,21,30H,9-10,12-13,15,18H2,1-2H3;1H4. The van der Waals surface area contributed by atoms with Gasteiger partial charge in [-0.05, 0) is 87.2 Å². The number of nitrogens with zero attached hydrogens (tertiary/aromatic N) is 5. The van der Waals surface area contributed by atoms with E-state index >= 15 is 0 Å². The van der Waals surface area contributed by atoms with Crippen LogP contribution >= 0.6 is 0 Å². The van der Waals surface area contributed by atoms with Gasteiger partial charge in [-0.2, -0.15) is 5.10 Å². The summed E-state index contributed by atoms with van der Waals surface area (Å²) in [5, 5.41) is 9.26. The Balaban J connectivity index is 0.00000280. The zero-order chi connectivity index (χ0) is 24.6. The molecular formula is C30H34N6O. The van der Waals surface area contributed by atoms with Gasteiger partial charge in [-0.1, -0.05) is 25.6 Å². The van der Waals surface area contributed by atoms with Gasteiger partial charge in [0.1, 0.15) is 11.3 Å². The summed E-state index contributed by atoms with van der Waals surface area (Å²) >= 11 is 0.